The molecule has 2 rings (SSSR count). The molecule has 0 aliphatic rings. The van der Waals surface area contributed by atoms with Crippen molar-refractivity contribution in [3.63, 3.8) is 0 Å². The molecule has 0 aliphatic heterocycles. The van der Waals surface area contributed by atoms with E-state index in [4.69, 9.17) is 34.8 Å². The molecule has 1 atom stereocenters. The van der Waals surface area contributed by atoms with Gasteiger partial charge in [0.25, 0.3) is 0 Å². The van der Waals surface area contributed by atoms with Gasteiger partial charge in [-0.05, 0) is 48.2 Å². The molecule has 2 amide bonds. The average molecular weight is 581 g/mol. The van der Waals surface area contributed by atoms with Crippen LogP contribution in [0.2, 0.25) is 15.1 Å². The van der Waals surface area contributed by atoms with Crippen LogP contribution in [-0.4, -0.2) is 50.5 Å². The monoisotopic (exact) mass is 579 g/mol. The minimum Gasteiger partial charge on any atom is -0.354 e. The highest BCUT2D eigenvalue weighted by molar-refractivity contribution is 7.92. The highest BCUT2D eigenvalue weighted by atomic mass is 35.5. The van der Waals surface area contributed by atoms with E-state index in [0.717, 1.165) is 22.7 Å². The van der Waals surface area contributed by atoms with Gasteiger partial charge in [-0.1, -0.05) is 61.6 Å². The predicted octanol–water partition coefficient (Wildman–Crippen LogP) is 5.13. The Labute approximate surface area is 226 Å². The highest BCUT2D eigenvalue weighted by Gasteiger charge is 2.32. The highest BCUT2D eigenvalue weighted by Crippen LogP contribution is 2.27. The Kier molecular flexibility index (Phi) is 10.8. The summed E-state index contributed by atoms with van der Waals surface area (Å²) in [7, 11) is -3.98. The molecule has 0 fully saturated rings. The quantitative estimate of drug-likeness (QED) is 0.399. The molecule has 36 heavy (non-hydrogen) atoms. The third-order valence-corrected chi connectivity index (χ3v) is 7.31. The summed E-state index contributed by atoms with van der Waals surface area (Å²) in [5.41, 5.74) is 0.541. The summed E-state index contributed by atoms with van der Waals surface area (Å²) < 4.78 is 39.7. The number of halogens is 4. The van der Waals surface area contributed by atoms with Gasteiger partial charge in [-0.25, -0.2) is 12.8 Å². The van der Waals surface area contributed by atoms with Crippen molar-refractivity contribution in [3.05, 3.63) is 62.8 Å². The molecule has 12 heteroatoms. The lowest BCUT2D eigenvalue weighted by Gasteiger charge is -2.33. The lowest BCUT2D eigenvalue weighted by Crippen LogP contribution is -2.52. The molecule has 0 saturated carbocycles. The SMILES string of the molecule is CCC(C(=O)NCC(C)C)N(Cc1ccc(Cl)cc1Cl)C(=O)CN(c1ccc(F)c(Cl)c1)S(C)(=O)=O. The molecule has 0 spiro atoms. The number of nitrogens with zero attached hydrogens (tertiary/aromatic N) is 2. The van der Waals surface area contributed by atoms with Crippen molar-refractivity contribution in [1.29, 1.82) is 0 Å². The minimum absolute atomic E-state index is 0.0130. The summed E-state index contributed by atoms with van der Waals surface area (Å²) in [6, 6.07) is 7.21. The van der Waals surface area contributed by atoms with Crippen LogP contribution in [-0.2, 0) is 26.2 Å². The van der Waals surface area contributed by atoms with Crippen LogP contribution in [0.5, 0.6) is 0 Å². The van der Waals surface area contributed by atoms with Gasteiger partial charge in [-0.3, -0.25) is 13.9 Å². The van der Waals surface area contributed by atoms with Crippen LogP contribution in [0.3, 0.4) is 0 Å². The molecule has 0 heterocycles. The fourth-order valence-corrected chi connectivity index (χ4v) is 4.91. The van der Waals surface area contributed by atoms with E-state index >= 15 is 0 Å². The first-order chi connectivity index (χ1) is 16.7. The molecule has 0 bridgehead atoms. The number of nitrogens with one attached hydrogen (secondary N) is 1. The molecular formula is C24H29Cl3FN3O4S. The largest absolute Gasteiger partial charge is 0.354 e. The van der Waals surface area contributed by atoms with E-state index in [-0.39, 0.29) is 35.5 Å². The average Bonchev–Trinajstić information content (AvgIpc) is 2.78. The van der Waals surface area contributed by atoms with E-state index < -0.39 is 34.3 Å². The molecule has 7 nitrogen and oxygen atoms in total. The Morgan fingerprint density at radius 1 is 1.06 bits per heavy atom. The van der Waals surface area contributed by atoms with Crippen molar-refractivity contribution >= 4 is 62.3 Å². The zero-order valence-electron chi connectivity index (χ0n) is 20.4. The first kappa shape index (κ1) is 30.2. The number of amides is 2. The van der Waals surface area contributed by atoms with Crippen molar-refractivity contribution in [2.75, 3.05) is 23.7 Å². The lowest BCUT2D eigenvalue weighted by molar-refractivity contribution is -0.140. The fourth-order valence-electron chi connectivity index (χ4n) is 3.43. The van der Waals surface area contributed by atoms with Crippen molar-refractivity contribution in [2.45, 2.75) is 39.8 Å². The summed E-state index contributed by atoms with van der Waals surface area (Å²) in [5, 5.41) is 3.23. The second-order valence-electron chi connectivity index (χ2n) is 8.69. The van der Waals surface area contributed by atoms with Crippen molar-refractivity contribution in [2.24, 2.45) is 5.92 Å². The van der Waals surface area contributed by atoms with Gasteiger partial charge >= 0.3 is 0 Å². The maximum atomic E-state index is 13.7. The van der Waals surface area contributed by atoms with Crippen molar-refractivity contribution in [3.8, 4) is 0 Å². The van der Waals surface area contributed by atoms with Crippen LogP contribution in [0.25, 0.3) is 0 Å². The number of sulfonamides is 1. The van der Waals surface area contributed by atoms with Crippen LogP contribution < -0.4 is 9.62 Å². The third-order valence-electron chi connectivity index (χ3n) is 5.30. The Morgan fingerprint density at radius 3 is 2.25 bits per heavy atom. The first-order valence-electron chi connectivity index (χ1n) is 11.2. The Balaban J connectivity index is 2.48. The molecule has 2 aromatic carbocycles. The number of anilines is 1. The van der Waals surface area contributed by atoms with Gasteiger partial charge in [-0.15, -0.1) is 0 Å². The van der Waals surface area contributed by atoms with Crippen LogP contribution in [0, 0.1) is 11.7 Å². The van der Waals surface area contributed by atoms with E-state index in [1.165, 1.54) is 17.0 Å². The number of rotatable bonds is 11. The van der Waals surface area contributed by atoms with Gasteiger partial charge in [-0.2, -0.15) is 0 Å². The standard InChI is InChI=1S/C24H29Cl3FN3O4S/c1-5-22(24(33)29-12-15(2)3)30(13-16-6-7-17(25)10-19(16)26)23(32)14-31(36(4,34)35)18-8-9-21(28)20(27)11-18/h6-11,15,22H,5,12-14H2,1-4H3,(H,29,33). The van der Waals surface area contributed by atoms with Gasteiger partial charge in [0, 0.05) is 23.1 Å². The summed E-state index contributed by atoms with van der Waals surface area (Å²) >= 11 is 18.2. The zero-order valence-corrected chi connectivity index (χ0v) is 23.5. The lowest BCUT2D eigenvalue weighted by atomic mass is 10.1. The summed E-state index contributed by atoms with van der Waals surface area (Å²) in [4.78, 5) is 27.9. The molecular weight excluding hydrogens is 552 g/mol. The van der Waals surface area contributed by atoms with Gasteiger partial charge in [0.1, 0.15) is 18.4 Å². The number of carbonyl (C=O) groups is 2. The third kappa shape index (κ3) is 8.23. The first-order valence-corrected chi connectivity index (χ1v) is 14.2. The molecule has 0 radical (unpaired) electrons. The maximum Gasteiger partial charge on any atom is 0.244 e. The topological polar surface area (TPSA) is 86.8 Å². The Morgan fingerprint density at radius 2 is 1.72 bits per heavy atom. The maximum absolute atomic E-state index is 13.7. The fraction of sp³-hybridized carbons (Fsp3) is 0.417. The number of hydrogen-bond donors (Lipinski definition) is 1. The molecule has 2 aromatic rings. The number of carbonyl (C=O) groups excluding carboxylic acids is 2. The normalized spacial score (nSPS) is 12.4. The van der Waals surface area contributed by atoms with E-state index in [0.29, 0.717) is 22.2 Å². The molecule has 0 aliphatic carbocycles. The van der Waals surface area contributed by atoms with Crippen molar-refractivity contribution in [1.82, 2.24) is 10.2 Å². The minimum atomic E-state index is -3.98. The molecule has 1 N–H and O–H groups in total. The summed E-state index contributed by atoms with van der Waals surface area (Å²) in [6.07, 6.45) is 1.19. The van der Waals surface area contributed by atoms with E-state index in [2.05, 4.69) is 5.32 Å². The van der Waals surface area contributed by atoms with Crippen LogP contribution >= 0.6 is 34.8 Å². The van der Waals surface area contributed by atoms with Crippen molar-refractivity contribution < 1.29 is 22.4 Å². The Bertz CT molecular complexity index is 1210. The van der Waals surface area contributed by atoms with Gasteiger partial charge in [0.2, 0.25) is 21.8 Å². The molecule has 198 valence electrons. The number of benzene rings is 2. The van der Waals surface area contributed by atoms with Gasteiger partial charge in [0.05, 0.1) is 17.0 Å². The number of hydrogen-bond acceptors (Lipinski definition) is 4. The predicted molar refractivity (Wildman–Crippen MR) is 143 cm³/mol. The van der Waals surface area contributed by atoms with E-state index in [1.54, 1.807) is 19.1 Å². The van der Waals surface area contributed by atoms with E-state index in [1.807, 2.05) is 13.8 Å². The second kappa shape index (κ2) is 12.9. The zero-order chi connectivity index (χ0) is 27.2. The summed E-state index contributed by atoms with van der Waals surface area (Å²) in [5.74, 6) is -1.57. The van der Waals surface area contributed by atoms with Crippen LogP contribution in [0.4, 0.5) is 10.1 Å². The van der Waals surface area contributed by atoms with Crippen LogP contribution in [0.1, 0.15) is 32.8 Å². The molecule has 0 aromatic heterocycles. The van der Waals surface area contributed by atoms with Crippen LogP contribution in [0.15, 0.2) is 36.4 Å². The van der Waals surface area contributed by atoms with E-state index in [9.17, 15) is 22.4 Å². The van der Waals surface area contributed by atoms with Gasteiger partial charge < -0.3 is 10.2 Å². The smallest absolute Gasteiger partial charge is 0.244 e. The Hall–Kier alpha value is -2.07. The van der Waals surface area contributed by atoms with Gasteiger partial charge in [0.15, 0.2) is 0 Å². The molecule has 0 saturated heterocycles. The second-order valence-corrected chi connectivity index (χ2v) is 11.8. The molecule has 1 unspecified atom stereocenters. The summed E-state index contributed by atoms with van der Waals surface area (Å²) in [6.45, 7) is 5.33.